The van der Waals surface area contributed by atoms with E-state index in [4.69, 9.17) is 10.0 Å². The Hall–Kier alpha value is -1.11. The molecule has 0 unspecified atom stereocenters. The molecule has 1 aliphatic rings. The van der Waals surface area contributed by atoms with Crippen LogP contribution >= 0.6 is 0 Å². The maximum absolute atomic E-state index is 13.1. The van der Waals surface area contributed by atoms with Crippen LogP contribution in [0.1, 0.15) is 53.4 Å². The average Bonchev–Trinajstić information content (AvgIpc) is 3.20. The zero-order chi connectivity index (χ0) is 23.1. The fourth-order valence-electron chi connectivity index (χ4n) is 4.05. The van der Waals surface area contributed by atoms with E-state index >= 15 is 0 Å². The number of sulfone groups is 1. The van der Waals surface area contributed by atoms with E-state index in [1.807, 2.05) is 19.1 Å². The second kappa shape index (κ2) is 11.7. The minimum atomic E-state index is -3.46. The third kappa shape index (κ3) is 7.19. The average molecular weight is 618 g/mol. The zero-order valence-electron chi connectivity index (χ0n) is 18.8. The second-order valence-corrected chi connectivity index (χ2v) is 12.5. The summed E-state index contributed by atoms with van der Waals surface area (Å²) in [5.74, 6) is 0.0228. The Bertz CT molecular complexity index is 931. The summed E-state index contributed by atoms with van der Waals surface area (Å²) in [6, 6.07) is 6.99. The fraction of sp³-hybridized carbons (Fsp3) is 0.522. The number of rotatable bonds is 11. The van der Waals surface area contributed by atoms with Gasteiger partial charge in [0, 0.05) is 0 Å². The molecule has 31 heavy (non-hydrogen) atoms. The van der Waals surface area contributed by atoms with Crippen molar-refractivity contribution >= 4 is 19.4 Å². The van der Waals surface area contributed by atoms with E-state index in [0.717, 1.165) is 31.4 Å². The van der Waals surface area contributed by atoms with Gasteiger partial charge in [-0.15, -0.1) is 0 Å². The van der Waals surface area contributed by atoms with Gasteiger partial charge in [0.2, 0.25) is 0 Å². The van der Waals surface area contributed by atoms with Crippen LogP contribution in [0.4, 0.5) is 5.69 Å². The SMILES string of the molecule is CC=C(C)/C(CNc1ccc(S(=O)(=O)CC2(CONO)CCCC2)cc1)=C(/C)[C](C)=[W]. The Morgan fingerprint density at radius 1 is 1.19 bits per heavy atom. The number of nitrogens with one attached hydrogen (secondary N) is 2. The molecular weight excluding hydrogens is 584 g/mol. The molecule has 0 aliphatic heterocycles. The third-order valence-electron chi connectivity index (χ3n) is 6.18. The van der Waals surface area contributed by atoms with Gasteiger partial charge in [0.1, 0.15) is 0 Å². The Kier molecular flexibility index (Phi) is 9.84. The van der Waals surface area contributed by atoms with Crippen LogP contribution in [0.25, 0.3) is 0 Å². The molecule has 1 aromatic rings. The minimum absolute atomic E-state index is 0.0228. The molecule has 0 saturated heterocycles. The molecule has 0 aromatic heterocycles. The van der Waals surface area contributed by atoms with E-state index in [2.05, 4.69) is 32.2 Å². The summed E-state index contributed by atoms with van der Waals surface area (Å²) in [6.45, 7) is 9.31. The molecule has 2 rings (SSSR count). The van der Waals surface area contributed by atoms with Gasteiger partial charge in [0.05, 0.1) is 6.61 Å². The first-order chi connectivity index (χ1) is 14.6. The molecule has 1 aromatic carbocycles. The van der Waals surface area contributed by atoms with E-state index < -0.39 is 15.3 Å². The molecule has 8 heteroatoms. The monoisotopic (exact) mass is 618 g/mol. The van der Waals surface area contributed by atoms with Crippen molar-refractivity contribution in [2.24, 2.45) is 5.41 Å². The van der Waals surface area contributed by atoms with Crippen LogP contribution in [0.5, 0.6) is 0 Å². The number of hydrogen-bond acceptors (Lipinski definition) is 6. The van der Waals surface area contributed by atoms with Crippen molar-refractivity contribution in [3.8, 4) is 0 Å². The summed E-state index contributed by atoms with van der Waals surface area (Å²) in [6.07, 6.45) is 5.63. The van der Waals surface area contributed by atoms with E-state index in [9.17, 15) is 8.42 Å². The summed E-state index contributed by atoms with van der Waals surface area (Å²) in [5, 5.41) is 12.2. The predicted molar refractivity (Wildman–Crippen MR) is 122 cm³/mol. The Balaban J connectivity index is 2.13. The zero-order valence-corrected chi connectivity index (χ0v) is 22.6. The predicted octanol–water partition coefficient (Wildman–Crippen LogP) is 4.36. The van der Waals surface area contributed by atoms with Crippen molar-refractivity contribution in [3.63, 3.8) is 0 Å². The van der Waals surface area contributed by atoms with Crippen molar-refractivity contribution < 1.29 is 37.8 Å². The second-order valence-electron chi connectivity index (χ2n) is 8.36. The van der Waals surface area contributed by atoms with Crippen LogP contribution in [-0.4, -0.2) is 36.4 Å². The van der Waals surface area contributed by atoms with Gasteiger partial charge in [-0.1, -0.05) is 18.5 Å². The van der Waals surface area contributed by atoms with Crippen LogP contribution < -0.4 is 11.0 Å². The number of allylic oxidation sites excluding steroid dienone is 2. The molecule has 1 aliphatic carbocycles. The summed E-state index contributed by atoms with van der Waals surface area (Å²) < 4.78 is 27.5. The van der Waals surface area contributed by atoms with Crippen LogP contribution in [0, 0.1) is 5.41 Å². The molecule has 1 fully saturated rings. The molecule has 6 nitrogen and oxygen atoms in total. The van der Waals surface area contributed by atoms with E-state index in [1.165, 1.54) is 40.0 Å². The topological polar surface area (TPSA) is 87.7 Å². The number of hydrogen-bond donors (Lipinski definition) is 3. The first-order valence-electron chi connectivity index (χ1n) is 10.6. The molecule has 0 heterocycles. The Morgan fingerprint density at radius 2 is 1.81 bits per heavy atom. The molecule has 0 amide bonds. The van der Waals surface area contributed by atoms with Crippen LogP contribution in [-0.2, 0) is 34.0 Å². The summed E-state index contributed by atoms with van der Waals surface area (Å²) in [5.41, 5.74) is 5.94. The molecule has 0 bridgehead atoms. The van der Waals surface area contributed by atoms with Gasteiger partial charge in [0.25, 0.3) is 0 Å². The third-order valence-corrected chi connectivity index (χ3v) is 9.26. The normalized spacial score (nSPS) is 17.4. The van der Waals surface area contributed by atoms with Crippen LogP contribution in [0.3, 0.4) is 0 Å². The molecule has 0 atom stereocenters. The van der Waals surface area contributed by atoms with E-state index in [0.29, 0.717) is 11.4 Å². The molecule has 172 valence electrons. The molecule has 0 spiro atoms. The van der Waals surface area contributed by atoms with Crippen molar-refractivity contribution in [2.75, 3.05) is 24.2 Å². The maximum atomic E-state index is 13.1. The summed E-state index contributed by atoms with van der Waals surface area (Å²) in [7, 11) is -3.46. The molecular formula is C23H34N2O4SW. The van der Waals surface area contributed by atoms with Crippen molar-refractivity contribution in [2.45, 2.75) is 58.3 Å². The quantitative estimate of drug-likeness (QED) is 0.253. The van der Waals surface area contributed by atoms with Crippen molar-refractivity contribution in [1.82, 2.24) is 5.64 Å². The number of benzene rings is 1. The fourth-order valence-corrected chi connectivity index (χ4v) is 6.39. The standard InChI is InChI=1S/C23H34N2O4S.W/c1-5-18(3)22(19(4)6-2)15-24-20-9-11-21(12-10-20)30(27,28)17-23(16-29-25-26)13-7-8-14-23;/h5,9-12,24-26H,7-8,13-17H2,1-4H3;/b18-5?,22-19-;. The van der Waals surface area contributed by atoms with Crippen molar-refractivity contribution in [3.05, 3.63) is 47.1 Å². The van der Waals surface area contributed by atoms with Gasteiger partial charge in [-0.25, -0.2) is 0 Å². The van der Waals surface area contributed by atoms with Crippen LogP contribution in [0.15, 0.2) is 52.0 Å². The molecule has 1 saturated carbocycles. The Labute approximate surface area is 197 Å². The van der Waals surface area contributed by atoms with Gasteiger partial charge in [-0.3, -0.25) is 10.0 Å². The van der Waals surface area contributed by atoms with E-state index in [-0.39, 0.29) is 12.4 Å². The van der Waals surface area contributed by atoms with Crippen LogP contribution in [0.2, 0.25) is 0 Å². The van der Waals surface area contributed by atoms with Gasteiger partial charge in [-0.2, -0.15) is 0 Å². The number of anilines is 1. The van der Waals surface area contributed by atoms with Gasteiger partial charge >= 0.3 is 150 Å². The van der Waals surface area contributed by atoms with Gasteiger partial charge in [0.15, 0.2) is 0 Å². The summed E-state index contributed by atoms with van der Waals surface area (Å²) >= 11 is 1.46. The van der Waals surface area contributed by atoms with E-state index in [1.54, 1.807) is 17.8 Å². The summed E-state index contributed by atoms with van der Waals surface area (Å²) in [4.78, 5) is 5.28. The Morgan fingerprint density at radius 3 is 2.32 bits per heavy atom. The van der Waals surface area contributed by atoms with Crippen molar-refractivity contribution in [1.29, 1.82) is 0 Å². The van der Waals surface area contributed by atoms with Gasteiger partial charge in [-0.05, 0) is 12.8 Å². The molecule has 3 N–H and O–H groups in total. The first-order valence-corrected chi connectivity index (χ1v) is 13.7. The molecule has 0 radical (unpaired) electrons. The van der Waals surface area contributed by atoms with Gasteiger partial charge < -0.3 is 0 Å². The first kappa shape index (κ1) is 26.1.